The molecule has 1 N–H and O–H groups in total. The molecule has 7 heteroatoms. The van der Waals surface area contributed by atoms with E-state index in [0.29, 0.717) is 6.54 Å². The van der Waals surface area contributed by atoms with Crippen molar-refractivity contribution in [3.05, 3.63) is 28.1 Å². The molecule has 0 heterocycles. The first-order valence-corrected chi connectivity index (χ1v) is 6.24. The summed E-state index contributed by atoms with van der Waals surface area (Å²) in [6.45, 7) is 0.582. The van der Waals surface area contributed by atoms with Crippen LogP contribution in [0.25, 0.3) is 0 Å². The lowest BCUT2D eigenvalue weighted by molar-refractivity contribution is -0.385. The van der Waals surface area contributed by atoms with Gasteiger partial charge in [-0.3, -0.25) is 10.1 Å². The highest BCUT2D eigenvalue weighted by molar-refractivity contribution is 7.98. The summed E-state index contributed by atoms with van der Waals surface area (Å²) >= 11 is 1.62. The molecule has 0 atom stereocenters. The van der Waals surface area contributed by atoms with Crippen molar-refractivity contribution in [3.63, 3.8) is 0 Å². The number of nitro groups is 1. The van der Waals surface area contributed by atoms with Gasteiger partial charge in [0, 0.05) is 18.4 Å². The first-order valence-electron chi connectivity index (χ1n) is 4.85. The van der Waals surface area contributed by atoms with E-state index in [1.807, 2.05) is 6.26 Å². The Morgan fingerprint density at radius 2 is 2.29 bits per heavy atom. The fourth-order valence-corrected chi connectivity index (χ4v) is 1.58. The summed E-state index contributed by atoms with van der Waals surface area (Å²) in [7, 11) is 1.31. The fourth-order valence-electron chi connectivity index (χ4n) is 1.27. The van der Waals surface area contributed by atoms with E-state index in [1.54, 1.807) is 11.8 Å². The van der Waals surface area contributed by atoms with Crippen LogP contribution in [-0.2, 0) is 0 Å². The van der Waals surface area contributed by atoms with Crippen molar-refractivity contribution in [2.75, 3.05) is 31.0 Å². The van der Waals surface area contributed by atoms with Crippen LogP contribution in [-0.4, -0.2) is 30.6 Å². The topological polar surface area (TPSA) is 64.4 Å². The van der Waals surface area contributed by atoms with Crippen LogP contribution in [0.15, 0.2) is 12.1 Å². The summed E-state index contributed by atoms with van der Waals surface area (Å²) < 4.78 is 18.4. The normalized spacial score (nSPS) is 10.1. The van der Waals surface area contributed by atoms with Crippen LogP contribution >= 0.6 is 11.8 Å². The van der Waals surface area contributed by atoms with E-state index in [-0.39, 0.29) is 17.1 Å². The van der Waals surface area contributed by atoms with E-state index < -0.39 is 10.7 Å². The maximum atomic E-state index is 13.5. The van der Waals surface area contributed by atoms with E-state index in [9.17, 15) is 14.5 Å². The van der Waals surface area contributed by atoms with Gasteiger partial charge in [0.2, 0.25) is 0 Å². The van der Waals surface area contributed by atoms with E-state index in [2.05, 4.69) is 5.32 Å². The zero-order valence-electron chi connectivity index (χ0n) is 9.53. The van der Waals surface area contributed by atoms with Crippen LogP contribution in [0.1, 0.15) is 0 Å². The van der Waals surface area contributed by atoms with Gasteiger partial charge in [0.25, 0.3) is 0 Å². The number of hydrogen-bond acceptors (Lipinski definition) is 5. The van der Waals surface area contributed by atoms with Gasteiger partial charge in [-0.05, 0) is 6.26 Å². The van der Waals surface area contributed by atoms with Crippen molar-refractivity contribution in [1.82, 2.24) is 0 Å². The molecule has 1 rings (SSSR count). The van der Waals surface area contributed by atoms with Gasteiger partial charge in [0.05, 0.1) is 23.8 Å². The maximum Gasteiger partial charge on any atom is 0.313 e. The molecular formula is C10H13FN2O3S. The van der Waals surface area contributed by atoms with Crippen molar-refractivity contribution in [3.8, 4) is 5.75 Å². The minimum atomic E-state index is -0.673. The number of nitrogens with zero attached hydrogens (tertiary/aromatic N) is 1. The Labute approximate surface area is 102 Å². The Hall–Kier alpha value is -1.50. The largest absolute Gasteiger partial charge is 0.490 e. The van der Waals surface area contributed by atoms with Crippen LogP contribution < -0.4 is 10.1 Å². The number of methoxy groups -OCH3 is 1. The molecule has 0 fully saturated rings. The second-order valence-electron chi connectivity index (χ2n) is 3.18. The number of nitro benzene ring substituents is 1. The molecule has 0 radical (unpaired) electrons. The van der Waals surface area contributed by atoms with Gasteiger partial charge in [-0.25, -0.2) is 4.39 Å². The highest BCUT2D eigenvalue weighted by atomic mass is 32.2. The third kappa shape index (κ3) is 3.48. The molecule has 0 aromatic heterocycles. The van der Waals surface area contributed by atoms with Crippen molar-refractivity contribution in [2.24, 2.45) is 0 Å². The molecule has 1 aromatic carbocycles. The van der Waals surface area contributed by atoms with E-state index in [1.165, 1.54) is 13.2 Å². The smallest absolute Gasteiger partial charge is 0.313 e. The van der Waals surface area contributed by atoms with Crippen LogP contribution in [0.2, 0.25) is 0 Å². The minimum Gasteiger partial charge on any atom is -0.490 e. The number of benzene rings is 1. The molecule has 94 valence electrons. The van der Waals surface area contributed by atoms with Crippen molar-refractivity contribution < 1.29 is 14.1 Å². The van der Waals surface area contributed by atoms with Crippen LogP contribution in [0.5, 0.6) is 5.75 Å². The molecule has 0 saturated heterocycles. The van der Waals surface area contributed by atoms with Gasteiger partial charge in [-0.1, -0.05) is 0 Å². The van der Waals surface area contributed by atoms with E-state index in [4.69, 9.17) is 4.74 Å². The molecule has 17 heavy (non-hydrogen) atoms. The summed E-state index contributed by atoms with van der Waals surface area (Å²) in [4.78, 5) is 9.97. The lowest BCUT2D eigenvalue weighted by atomic mass is 10.2. The standard InChI is InChI=1S/C10H13FN2O3S/c1-16-10-6-8(12-3-4-17-2)7(11)5-9(10)13(14)15/h5-6,12H,3-4H2,1-2H3. The van der Waals surface area contributed by atoms with E-state index >= 15 is 0 Å². The van der Waals surface area contributed by atoms with Crippen LogP contribution in [0.4, 0.5) is 15.8 Å². The zero-order chi connectivity index (χ0) is 12.8. The third-order valence-corrected chi connectivity index (χ3v) is 2.70. The van der Waals surface area contributed by atoms with Crippen molar-refractivity contribution >= 4 is 23.1 Å². The Bertz CT molecular complexity index is 415. The molecular weight excluding hydrogens is 247 g/mol. The highest BCUT2D eigenvalue weighted by Crippen LogP contribution is 2.32. The first-order chi connectivity index (χ1) is 8.10. The van der Waals surface area contributed by atoms with Gasteiger partial charge in [0.1, 0.15) is 0 Å². The average Bonchev–Trinajstić information content (AvgIpc) is 2.30. The number of anilines is 1. The number of rotatable bonds is 6. The summed E-state index contributed by atoms with van der Waals surface area (Å²) in [5.74, 6) is 0.209. The molecule has 0 bridgehead atoms. The van der Waals surface area contributed by atoms with Crippen molar-refractivity contribution in [2.45, 2.75) is 0 Å². The van der Waals surface area contributed by atoms with Gasteiger partial charge >= 0.3 is 5.69 Å². The second-order valence-corrected chi connectivity index (χ2v) is 4.17. The number of ether oxygens (including phenoxy) is 1. The number of hydrogen-bond donors (Lipinski definition) is 1. The lowest BCUT2D eigenvalue weighted by Gasteiger charge is -2.09. The molecule has 1 aromatic rings. The summed E-state index contributed by atoms with van der Waals surface area (Å²) in [5, 5.41) is 13.5. The zero-order valence-corrected chi connectivity index (χ0v) is 10.3. The predicted octanol–water partition coefficient (Wildman–Crippen LogP) is 2.52. The molecule has 0 amide bonds. The molecule has 0 aliphatic carbocycles. The molecule has 0 aliphatic rings. The molecule has 5 nitrogen and oxygen atoms in total. The highest BCUT2D eigenvalue weighted by Gasteiger charge is 2.18. The van der Waals surface area contributed by atoms with Gasteiger partial charge in [0.15, 0.2) is 11.6 Å². The average molecular weight is 260 g/mol. The Morgan fingerprint density at radius 3 is 2.82 bits per heavy atom. The molecule has 0 unspecified atom stereocenters. The molecule has 0 aliphatic heterocycles. The van der Waals surface area contributed by atoms with Gasteiger partial charge < -0.3 is 10.1 Å². The minimum absolute atomic E-state index is 0.0445. The number of nitrogens with one attached hydrogen (secondary N) is 1. The Kier molecular flexibility index (Phi) is 5.02. The van der Waals surface area contributed by atoms with Crippen LogP contribution in [0.3, 0.4) is 0 Å². The predicted molar refractivity (Wildman–Crippen MR) is 66.5 cm³/mol. The second kappa shape index (κ2) is 6.29. The van der Waals surface area contributed by atoms with Gasteiger partial charge in [-0.2, -0.15) is 11.8 Å². The van der Waals surface area contributed by atoms with Crippen molar-refractivity contribution in [1.29, 1.82) is 0 Å². The summed E-state index contributed by atoms with van der Waals surface area (Å²) in [6, 6.07) is 2.16. The SMILES string of the molecule is COc1cc(NCCSC)c(F)cc1[N+](=O)[O-]. The van der Waals surface area contributed by atoms with Gasteiger partial charge in [-0.15, -0.1) is 0 Å². The summed E-state index contributed by atoms with van der Waals surface area (Å²) in [6.07, 6.45) is 1.94. The Morgan fingerprint density at radius 1 is 1.59 bits per heavy atom. The van der Waals surface area contributed by atoms with E-state index in [0.717, 1.165) is 11.8 Å². The first kappa shape index (κ1) is 13.6. The Balaban J connectivity index is 2.96. The quantitative estimate of drug-likeness (QED) is 0.483. The third-order valence-electron chi connectivity index (χ3n) is 2.09. The molecule has 0 spiro atoms. The lowest BCUT2D eigenvalue weighted by Crippen LogP contribution is -2.06. The van der Waals surface area contributed by atoms with Crippen LogP contribution in [0, 0.1) is 15.9 Å². The molecule has 0 saturated carbocycles. The number of halogens is 1. The number of thioether (sulfide) groups is 1. The fraction of sp³-hybridized carbons (Fsp3) is 0.400. The maximum absolute atomic E-state index is 13.5. The monoisotopic (exact) mass is 260 g/mol. The summed E-state index contributed by atoms with van der Waals surface area (Å²) in [5.41, 5.74) is -0.165.